The number of H-pyrrole nitrogens is 1. The van der Waals surface area contributed by atoms with Crippen molar-refractivity contribution in [2.75, 3.05) is 25.7 Å². The van der Waals surface area contributed by atoms with Gasteiger partial charge in [-0.05, 0) is 59.7 Å². The third-order valence-corrected chi connectivity index (χ3v) is 6.34. The van der Waals surface area contributed by atoms with Crippen LogP contribution in [0.25, 0.3) is 33.7 Å². The fourth-order valence-corrected chi connectivity index (χ4v) is 4.14. The molecule has 0 spiro atoms. The number of para-hydroxylation sites is 1. The molecule has 2 heterocycles. The Labute approximate surface area is 199 Å². The van der Waals surface area contributed by atoms with E-state index in [0.717, 1.165) is 6.26 Å². The lowest BCUT2D eigenvalue weighted by atomic mass is 10.1. The maximum Gasteiger partial charge on any atom is 0.264 e. The van der Waals surface area contributed by atoms with Gasteiger partial charge in [0, 0.05) is 5.56 Å². The number of pyridine rings is 1. The Bertz CT molecular complexity index is 1490. The molecule has 0 fully saturated rings. The van der Waals surface area contributed by atoms with Gasteiger partial charge in [-0.1, -0.05) is 12.1 Å². The van der Waals surface area contributed by atoms with E-state index in [0.29, 0.717) is 44.3 Å². The smallest absolute Gasteiger partial charge is 0.264 e. The monoisotopic (exact) mass is 499 g/mol. The Morgan fingerprint density at radius 2 is 1.74 bits per heavy atom. The van der Waals surface area contributed by atoms with Gasteiger partial charge in [-0.15, -0.1) is 0 Å². The lowest BCUT2D eigenvalue weighted by Gasteiger charge is -2.13. The molecule has 0 aliphatic carbocycles. The van der Waals surface area contributed by atoms with Crippen molar-refractivity contribution in [3.8, 4) is 28.5 Å². The normalized spacial score (nSPS) is 12.6. The van der Waals surface area contributed by atoms with E-state index in [1.54, 1.807) is 66.9 Å². The highest BCUT2D eigenvalue weighted by atomic mass is 32.2. The Hall–Kier alpha value is -3.25. The maximum absolute atomic E-state index is 12.5. The lowest BCUT2D eigenvalue weighted by Crippen LogP contribution is -2.12. The predicted octanol–water partition coefficient (Wildman–Crippen LogP) is 2.74. The molecule has 4 rings (SSSR count). The molecular formula is C23H21N3O6S2. The van der Waals surface area contributed by atoms with Crippen molar-refractivity contribution in [2.24, 2.45) is 0 Å². The Balaban J connectivity index is 1.73. The van der Waals surface area contributed by atoms with Crippen LogP contribution in [-0.2, 0) is 25.5 Å². The summed E-state index contributed by atoms with van der Waals surface area (Å²) >= 11 is -1.14. The van der Waals surface area contributed by atoms with Crippen LogP contribution >= 0.6 is 0 Å². The number of hydrogen-bond donors (Lipinski definition) is 1. The van der Waals surface area contributed by atoms with Crippen molar-refractivity contribution in [3.63, 3.8) is 0 Å². The molecule has 0 bridgehead atoms. The number of aromatic amines is 1. The van der Waals surface area contributed by atoms with Crippen LogP contribution in [0, 0.1) is 0 Å². The molecule has 4 aromatic rings. The van der Waals surface area contributed by atoms with Crippen LogP contribution in [0.4, 0.5) is 0 Å². The SMILES string of the molecule is C[S+]([O-])c1ccc(-c2nc(-c3nc4ccccc4c(=O)[nH]3)ccc2OCCOS(C)(=O)=O)cc1. The van der Waals surface area contributed by atoms with Gasteiger partial charge in [-0.25, -0.2) is 9.97 Å². The fourth-order valence-electron chi connectivity index (χ4n) is 3.25. The van der Waals surface area contributed by atoms with Gasteiger partial charge in [-0.3, -0.25) is 8.98 Å². The van der Waals surface area contributed by atoms with Crippen molar-refractivity contribution < 1.29 is 21.9 Å². The van der Waals surface area contributed by atoms with Gasteiger partial charge in [0.25, 0.3) is 15.7 Å². The summed E-state index contributed by atoms with van der Waals surface area (Å²) in [5.41, 5.74) is 1.80. The highest BCUT2D eigenvalue weighted by Crippen LogP contribution is 2.31. The largest absolute Gasteiger partial charge is 0.612 e. The fraction of sp³-hybridized carbons (Fsp3) is 0.174. The average Bonchev–Trinajstić information content (AvgIpc) is 2.81. The van der Waals surface area contributed by atoms with Crippen LogP contribution in [0.1, 0.15) is 0 Å². The van der Waals surface area contributed by atoms with Gasteiger partial charge in [0.15, 0.2) is 10.7 Å². The molecular weight excluding hydrogens is 478 g/mol. The molecule has 0 saturated carbocycles. The minimum absolute atomic E-state index is 0.0246. The van der Waals surface area contributed by atoms with Crippen LogP contribution in [0.5, 0.6) is 5.75 Å². The minimum Gasteiger partial charge on any atom is -0.612 e. The summed E-state index contributed by atoms with van der Waals surface area (Å²) in [4.78, 5) is 25.1. The molecule has 11 heteroatoms. The lowest BCUT2D eigenvalue weighted by molar-refractivity contribution is 0.222. The van der Waals surface area contributed by atoms with Crippen molar-refractivity contribution in [3.05, 3.63) is 71.0 Å². The first-order valence-electron chi connectivity index (χ1n) is 10.1. The van der Waals surface area contributed by atoms with E-state index < -0.39 is 21.3 Å². The third kappa shape index (κ3) is 5.62. The van der Waals surface area contributed by atoms with Gasteiger partial charge < -0.3 is 14.3 Å². The number of nitrogens with zero attached hydrogens (tertiary/aromatic N) is 2. The Morgan fingerprint density at radius 1 is 1.00 bits per heavy atom. The Kier molecular flexibility index (Phi) is 6.98. The number of rotatable bonds is 8. The molecule has 0 amide bonds. The molecule has 9 nitrogen and oxygen atoms in total. The highest BCUT2D eigenvalue weighted by molar-refractivity contribution is 7.90. The van der Waals surface area contributed by atoms with E-state index in [4.69, 9.17) is 8.92 Å². The van der Waals surface area contributed by atoms with Crippen LogP contribution in [0.15, 0.2) is 70.4 Å². The maximum atomic E-state index is 12.5. The molecule has 0 radical (unpaired) electrons. The number of fused-ring (bicyclic) bond motifs is 1. The number of hydrogen-bond acceptors (Lipinski definition) is 8. The van der Waals surface area contributed by atoms with Crippen molar-refractivity contribution in [1.82, 2.24) is 15.0 Å². The van der Waals surface area contributed by atoms with Crippen LogP contribution < -0.4 is 10.3 Å². The molecule has 176 valence electrons. The molecule has 34 heavy (non-hydrogen) atoms. The quantitative estimate of drug-likeness (QED) is 0.222. The minimum atomic E-state index is -3.59. The van der Waals surface area contributed by atoms with Crippen molar-refractivity contribution in [2.45, 2.75) is 4.90 Å². The number of aromatic nitrogens is 3. The zero-order valence-corrected chi connectivity index (χ0v) is 20.0. The van der Waals surface area contributed by atoms with E-state index in [1.165, 1.54) is 0 Å². The zero-order valence-electron chi connectivity index (χ0n) is 18.3. The topological polar surface area (TPSA) is 134 Å². The molecule has 2 aromatic carbocycles. The average molecular weight is 500 g/mol. The number of benzene rings is 2. The highest BCUT2D eigenvalue weighted by Gasteiger charge is 2.15. The zero-order chi connectivity index (χ0) is 24.3. The Morgan fingerprint density at radius 3 is 2.44 bits per heavy atom. The van der Waals surface area contributed by atoms with Gasteiger partial charge in [0.1, 0.15) is 36.6 Å². The van der Waals surface area contributed by atoms with E-state index in [9.17, 15) is 17.8 Å². The first-order chi connectivity index (χ1) is 16.2. The van der Waals surface area contributed by atoms with E-state index in [1.807, 2.05) is 0 Å². The summed E-state index contributed by atoms with van der Waals surface area (Å²) in [6, 6.07) is 17.3. The summed E-state index contributed by atoms with van der Waals surface area (Å²) in [7, 11) is -3.59. The summed E-state index contributed by atoms with van der Waals surface area (Å²) in [5, 5.41) is 0.473. The second-order valence-electron chi connectivity index (χ2n) is 7.33. The van der Waals surface area contributed by atoms with Crippen molar-refractivity contribution in [1.29, 1.82) is 0 Å². The summed E-state index contributed by atoms with van der Waals surface area (Å²) in [6.07, 6.45) is 2.55. The first kappa shape index (κ1) is 23.9. The molecule has 1 atom stereocenters. The predicted molar refractivity (Wildman–Crippen MR) is 130 cm³/mol. The second kappa shape index (κ2) is 9.94. The first-order valence-corrected chi connectivity index (χ1v) is 13.5. The molecule has 0 aliphatic heterocycles. The second-order valence-corrected chi connectivity index (χ2v) is 10.4. The van der Waals surface area contributed by atoms with Crippen molar-refractivity contribution >= 4 is 32.2 Å². The molecule has 0 saturated heterocycles. The number of nitrogens with one attached hydrogen (secondary N) is 1. The molecule has 1 N–H and O–H groups in total. The summed E-state index contributed by atoms with van der Waals surface area (Å²) in [5.74, 6) is 0.678. The summed E-state index contributed by atoms with van der Waals surface area (Å²) < 4.78 is 44.6. The van der Waals surface area contributed by atoms with E-state index >= 15 is 0 Å². The molecule has 2 aromatic heterocycles. The summed E-state index contributed by atoms with van der Waals surface area (Å²) in [6.45, 7) is -0.184. The van der Waals surface area contributed by atoms with Gasteiger partial charge in [0.05, 0.1) is 17.2 Å². The van der Waals surface area contributed by atoms with Crippen LogP contribution in [-0.4, -0.2) is 53.6 Å². The van der Waals surface area contributed by atoms with Gasteiger partial charge in [-0.2, -0.15) is 8.42 Å². The van der Waals surface area contributed by atoms with E-state index in [-0.39, 0.29) is 18.8 Å². The van der Waals surface area contributed by atoms with Crippen LogP contribution in [0.3, 0.4) is 0 Å². The van der Waals surface area contributed by atoms with Gasteiger partial charge in [0.2, 0.25) is 0 Å². The van der Waals surface area contributed by atoms with E-state index in [2.05, 4.69) is 15.0 Å². The molecule has 1 unspecified atom stereocenters. The standard InChI is InChI=1S/C23H21N3O6S2/c1-33(28)16-9-7-15(8-10-16)21-20(31-13-14-32-34(2,29)30)12-11-19(24-21)22-25-18-6-4-3-5-17(18)23(27)26-22/h3-12H,13-14H2,1-2H3,(H,25,26,27). The molecule has 0 aliphatic rings. The number of ether oxygens (including phenoxy) is 1. The third-order valence-electron chi connectivity index (χ3n) is 4.81. The van der Waals surface area contributed by atoms with Gasteiger partial charge >= 0.3 is 0 Å². The van der Waals surface area contributed by atoms with Crippen LogP contribution in [0.2, 0.25) is 0 Å².